The number of hydrogen-bond donors (Lipinski definition) is 1. The minimum absolute atomic E-state index is 0.0148. The molecule has 0 saturated carbocycles. The average Bonchev–Trinajstić information content (AvgIpc) is 2.19. The zero-order valence-corrected chi connectivity index (χ0v) is 9.90. The Bertz CT molecular complexity index is 361. The molecule has 1 aromatic rings. The predicted molar refractivity (Wildman–Crippen MR) is 64.3 cm³/mol. The summed E-state index contributed by atoms with van der Waals surface area (Å²) in [6.07, 6.45) is 4.91. The van der Waals surface area contributed by atoms with E-state index < -0.39 is 0 Å². The fraction of sp³-hybridized carbons (Fsp3) is 0.333. The van der Waals surface area contributed by atoms with Crippen LogP contribution in [0.15, 0.2) is 30.0 Å². The van der Waals surface area contributed by atoms with E-state index >= 15 is 0 Å². The quantitative estimate of drug-likeness (QED) is 0.493. The van der Waals surface area contributed by atoms with E-state index in [2.05, 4.69) is 16.9 Å². The van der Waals surface area contributed by atoms with Crippen molar-refractivity contribution in [3.63, 3.8) is 0 Å². The number of nitrogens with one attached hydrogen (secondary N) is 1. The van der Waals surface area contributed by atoms with Gasteiger partial charge in [-0.3, -0.25) is 9.36 Å². The molecule has 1 heterocycles. The van der Waals surface area contributed by atoms with E-state index in [-0.39, 0.29) is 5.56 Å². The van der Waals surface area contributed by atoms with Crippen LogP contribution in [0.2, 0.25) is 0 Å². The zero-order chi connectivity index (χ0) is 10.4. The van der Waals surface area contributed by atoms with Crippen molar-refractivity contribution < 1.29 is 0 Å². The van der Waals surface area contributed by atoms with Crippen molar-refractivity contribution >= 4 is 22.6 Å². The predicted octanol–water partition coefficient (Wildman–Crippen LogP) is 0.623. The highest BCUT2D eigenvalue weighted by molar-refractivity contribution is 14.1. The fourth-order valence-corrected chi connectivity index (χ4v) is 1.46. The average molecular weight is 305 g/mol. The second kappa shape index (κ2) is 5.92. The lowest BCUT2D eigenvalue weighted by Crippen LogP contribution is -2.28. The van der Waals surface area contributed by atoms with Crippen molar-refractivity contribution in [3.05, 3.63) is 39.1 Å². The fourth-order valence-electron chi connectivity index (χ4n) is 0.987. The van der Waals surface area contributed by atoms with Gasteiger partial charge in [0.15, 0.2) is 0 Å². The van der Waals surface area contributed by atoms with Gasteiger partial charge in [-0.1, -0.05) is 6.08 Å². The third kappa shape index (κ3) is 3.22. The maximum atomic E-state index is 11.5. The van der Waals surface area contributed by atoms with Crippen LogP contribution in [-0.2, 0) is 6.54 Å². The van der Waals surface area contributed by atoms with Crippen molar-refractivity contribution in [3.8, 4) is 0 Å². The van der Waals surface area contributed by atoms with Gasteiger partial charge in [-0.15, -0.1) is 6.58 Å². The molecular formula is C9H12IN3O. The molecule has 0 radical (unpaired) electrons. The molecule has 14 heavy (non-hydrogen) atoms. The van der Waals surface area contributed by atoms with Crippen molar-refractivity contribution in [1.82, 2.24) is 14.9 Å². The van der Waals surface area contributed by atoms with Gasteiger partial charge in [-0.2, -0.15) is 0 Å². The molecule has 76 valence electrons. The first kappa shape index (κ1) is 11.4. The number of rotatable bonds is 5. The summed E-state index contributed by atoms with van der Waals surface area (Å²) in [7, 11) is 0. The Morgan fingerprint density at radius 2 is 2.50 bits per heavy atom. The molecule has 5 heteroatoms. The third-order valence-corrected chi connectivity index (χ3v) is 2.42. The number of aromatic nitrogens is 2. The maximum absolute atomic E-state index is 11.5. The van der Waals surface area contributed by atoms with Crippen molar-refractivity contribution in [2.24, 2.45) is 0 Å². The summed E-state index contributed by atoms with van der Waals surface area (Å²) in [6.45, 7) is 5.73. The van der Waals surface area contributed by atoms with Crippen molar-refractivity contribution in [2.45, 2.75) is 6.54 Å². The first-order valence-electron chi connectivity index (χ1n) is 4.27. The smallest absolute Gasteiger partial charge is 0.266 e. The lowest BCUT2D eigenvalue weighted by Gasteiger charge is -2.05. The van der Waals surface area contributed by atoms with Gasteiger partial charge >= 0.3 is 0 Å². The molecule has 1 aromatic heterocycles. The van der Waals surface area contributed by atoms with E-state index in [1.807, 2.05) is 22.6 Å². The molecule has 1 rings (SSSR count). The molecule has 0 atom stereocenters. The van der Waals surface area contributed by atoms with Crippen LogP contribution >= 0.6 is 22.6 Å². The van der Waals surface area contributed by atoms with Crippen LogP contribution in [0.4, 0.5) is 0 Å². The molecule has 1 N–H and O–H groups in total. The summed E-state index contributed by atoms with van der Waals surface area (Å²) < 4.78 is 2.24. The second-order valence-corrected chi connectivity index (χ2v) is 3.90. The molecule has 0 bridgehead atoms. The van der Waals surface area contributed by atoms with Crippen LogP contribution in [0, 0.1) is 3.57 Å². The number of hydrogen-bond acceptors (Lipinski definition) is 3. The molecular weight excluding hydrogens is 293 g/mol. The Labute approximate surface area is 96.2 Å². The maximum Gasteiger partial charge on any atom is 0.266 e. The summed E-state index contributed by atoms with van der Waals surface area (Å²) in [5, 5.41) is 3.12. The molecule has 0 unspecified atom stereocenters. The van der Waals surface area contributed by atoms with Crippen LogP contribution in [0.1, 0.15) is 0 Å². The number of halogens is 1. The first-order chi connectivity index (χ1) is 6.75. The van der Waals surface area contributed by atoms with Crippen molar-refractivity contribution in [2.75, 3.05) is 13.1 Å². The van der Waals surface area contributed by atoms with Gasteiger partial charge in [0.1, 0.15) is 0 Å². The summed E-state index contributed by atoms with van der Waals surface area (Å²) >= 11 is 1.99. The summed E-state index contributed by atoms with van der Waals surface area (Å²) in [4.78, 5) is 15.5. The van der Waals surface area contributed by atoms with E-state index in [0.717, 1.165) is 13.1 Å². The lowest BCUT2D eigenvalue weighted by atomic mass is 10.5. The Kier molecular flexibility index (Phi) is 4.81. The normalized spacial score (nSPS) is 10.1. The molecule has 0 amide bonds. The Morgan fingerprint density at radius 3 is 3.21 bits per heavy atom. The van der Waals surface area contributed by atoms with Gasteiger partial charge in [0, 0.05) is 25.8 Å². The lowest BCUT2D eigenvalue weighted by molar-refractivity contribution is 0.598. The van der Waals surface area contributed by atoms with E-state index in [4.69, 9.17) is 0 Å². The summed E-state index contributed by atoms with van der Waals surface area (Å²) in [5.41, 5.74) is 0.0148. The van der Waals surface area contributed by atoms with E-state index in [1.165, 1.54) is 0 Å². The minimum Gasteiger partial charge on any atom is -0.312 e. The monoisotopic (exact) mass is 305 g/mol. The van der Waals surface area contributed by atoms with Gasteiger partial charge in [-0.05, 0) is 22.6 Å². The van der Waals surface area contributed by atoms with Gasteiger partial charge in [0.05, 0.1) is 9.90 Å². The van der Waals surface area contributed by atoms with Crippen LogP contribution in [-0.4, -0.2) is 22.6 Å². The van der Waals surface area contributed by atoms with Gasteiger partial charge in [0.25, 0.3) is 5.56 Å². The molecule has 0 aliphatic heterocycles. The third-order valence-electron chi connectivity index (χ3n) is 1.68. The zero-order valence-electron chi connectivity index (χ0n) is 7.74. The van der Waals surface area contributed by atoms with Crippen molar-refractivity contribution in [1.29, 1.82) is 0 Å². The van der Waals surface area contributed by atoms with Gasteiger partial charge < -0.3 is 5.32 Å². The number of nitrogens with zero attached hydrogens (tertiary/aromatic N) is 2. The van der Waals surface area contributed by atoms with Gasteiger partial charge in [-0.25, -0.2) is 4.98 Å². The topological polar surface area (TPSA) is 46.9 Å². The molecule has 0 aromatic carbocycles. The highest BCUT2D eigenvalue weighted by Crippen LogP contribution is 1.92. The molecule has 0 spiro atoms. The Balaban J connectivity index is 2.55. The standard InChI is InChI=1S/C9H12IN3O/c1-2-3-11-4-5-13-7-12-6-8(10)9(13)14/h2,6-7,11H,1,3-5H2. The molecule has 0 aliphatic rings. The molecule has 0 saturated heterocycles. The van der Waals surface area contributed by atoms with Crippen LogP contribution in [0.25, 0.3) is 0 Å². The van der Waals surface area contributed by atoms with E-state index in [1.54, 1.807) is 23.2 Å². The van der Waals surface area contributed by atoms with E-state index in [0.29, 0.717) is 10.1 Å². The largest absolute Gasteiger partial charge is 0.312 e. The van der Waals surface area contributed by atoms with Crippen LogP contribution < -0.4 is 10.9 Å². The van der Waals surface area contributed by atoms with Crippen LogP contribution in [0.3, 0.4) is 0 Å². The minimum atomic E-state index is 0.0148. The Hall–Kier alpha value is -0.690. The molecule has 0 aliphatic carbocycles. The second-order valence-electron chi connectivity index (χ2n) is 2.73. The SMILES string of the molecule is C=CCNCCn1cncc(I)c1=O. The first-order valence-corrected chi connectivity index (χ1v) is 5.35. The van der Waals surface area contributed by atoms with E-state index in [9.17, 15) is 4.79 Å². The summed E-state index contributed by atoms with van der Waals surface area (Å²) in [6, 6.07) is 0. The Morgan fingerprint density at radius 1 is 1.71 bits per heavy atom. The summed E-state index contributed by atoms with van der Waals surface area (Å²) in [5.74, 6) is 0. The molecule has 4 nitrogen and oxygen atoms in total. The molecule has 0 fully saturated rings. The van der Waals surface area contributed by atoms with Gasteiger partial charge in [0.2, 0.25) is 0 Å². The highest BCUT2D eigenvalue weighted by atomic mass is 127. The van der Waals surface area contributed by atoms with Crippen LogP contribution in [0.5, 0.6) is 0 Å². The highest BCUT2D eigenvalue weighted by Gasteiger charge is 1.98.